The summed E-state index contributed by atoms with van der Waals surface area (Å²) in [5, 5.41) is 2.76. The van der Waals surface area contributed by atoms with Gasteiger partial charge in [0.05, 0.1) is 17.9 Å². The molecular formula is C17H24N2O4. The van der Waals surface area contributed by atoms with Crippen LogP contribution >= 0.6 is 0 Å². The predicted molar refractivity (Wildman–Crippen MR) is 88.3 cm³/mol. The largest absolute Gasteiger partial charge is 0.462 e. The van der Waals surface area contributed by atoms with E-state index in [1.54, 1.807) is 45.0 Å². The molecule has 6 heteroatoms. The molecule has 23 heavy (non-hydrogen) atoms. The van der Waals surface area contributed by atoms with Crippen LogP contribution in [0.5, 0.6) is 0 Å². The smallest absolute Gasteiger partial charge is 0.340 e. The number of hydrogen-bond acceptors (Lipinski definition) is 4. The average molecular weight is 320 g/mol. The van der Waals surface area contributed by atoms with Crippen molar-refractivity contribution in [1.82, 2.24) is 5.32 Å². The van der Waals surface area contributed by atoms with Crippen molar-refractivity contribution in [2.24, 2.45) is 5.92 Å². The van der Waals surface area contributed by atoms with E-state index in [9.17, 15) is 14.4 Å². The molecule has 0 unspecified atom stereocenters. The minimum atomic E-state index is -0.472. The van der Waals surface area contributed by atoms with Gasteiger partial charge in [0.2, 0.25) is 11.8 Å². The number of benzene rings is 1. The van der Waals surface area contributed by atoms with Gasteiger partial charge in [0, 0.05) is 25.9 Å². The lowest BCUT2D eigenvalue weighted by atomic mass is 10.1. The predicted octanol–water partition coefficient (Wildman–Crippen LogP) is 1.99. The number of ether oxygens (including phenoxy) is 1. The number of carbonyl (C=O) groups is 3. The van der Waals surface area contributed by atoms with Crippen LogP contribution in [0.4, 0.5) is 5.69 Å². The molecular weight excluding hydrogens is 296 g/mol. The molecule has 1 N–H and O–H groups in total. The van der Waals surface area contributed by atoms with Crippen LogP contribution in [0.1, 0.15) is 38.1 Å². The van der Waals surface area contributed by atoms with E-state index < -0.39 is 5.97 Å². The number of nitrogens with zero attached hydrogens (tertiary/aromatic N) is 1. The van der Waals surface area contributed by atoms with Gasteiger partial charge in [-0.15, -0.1) is 0 Å². The van der Waals surface area contributed by atoms with Crippen molar-refractivity contribution in [3.63, 3.8) is 0 Å². The Morgan fingerprint density at radius 3 is 2.43 bits per heavy atom. The molecule has 1 aromatic carbocycles. The highest BCUT2D eigenvalue weighted by Gasteiger charge is 2.20. The standard InChI is InChI=1S/C17H24N2O4/c1-5-23-17(22)14-8-6-7-9-15(14)19(13(4)20)11-10-18-16(21)12(2)3/h6-9,12H,5,10-11H2,1-4H3,(H,18,21). The van der Waals surface area contributed by atoms with E-state index in [0.717, 1.165) is 0 Å². The molecule has 1 rings (SSSR count). The zero-order valence-corrected chi connectivity index (χ0v) is 14.1. The zero-order valence-electron chi connectivity index (χ0n) is 14.1. The van der Waals surface area contributed by atoms with Crippen molar-refractivity contribution >= 4 is 23.5 Å². The Morgan fingerprint density at radius 2 is 1.87 bits per heavy atom. The van der Waals surface area contributed by atoms with Gasteiger partial charge in [-0.3, -0.25) is 9.59 Å². The number of hydrogen-bond donors (Lipinski definition) is 1. The van der Waals surface area contributed by atoms with Crippen LogP contribution < -0.4 is 10.2 Å². The molecule has 0 saturated heterocycles. The van der Waals surface area contributed by atoms with Crippen LogP contribution in [0, 0.1) is 5.92 Å². The molecule has 0 spiro atoms. The molecule has 2 amide bonds. The molecule has 1 aromatic rings. The number of amides is 2. The van der Waals surface area contributed by atoms with Crippen molar-refractivity contribution in [2.75, 3.05) is 24.6 Å². The zero-order chi connectivity index (χ0) is 17.4. The fourth-order valence-corrected chi connectivity index (χ4v) is 2.03. The van der Waals surface area contributed by atoms with Crippen molar-refractivity contribution in [3.05, 3.63) is 29.8 Å². The summed E-state index contributed by atoms with van der Waals surface area (Å²) in [6.45, 7) is 7.61. The van der Waals surface area contributed by atoms with Gasteiger partial charge in [-0.05, 0) is 19.1 Å². The van der Waals surface area contributed by atoms with Gasteiger partial charge in [-0.25, -0.2) is 4.79 Å². The Hall–Kier alpha value is -2.37. The second-order valence-electron chi connectivity index (χ2n) is 5.35. The number of anilines is 1. The summed E-state index contributed by atoms with van der Waals surface area (Å²) in [6.07, 6.45) is 0. The van der Waals surface area contributed by atoms with Gasteiger partial charge in [-0.2, -0.15) is 0 Å². The average Bonchev–Trinajstić information content (AvgIpc) is 2.51. The lowest BCUT2D eigenvalue weighted by molar-refractivity contribution is -0.124. The fourth-order valence-electron chi connectivity index (χ4n) is 2.03. The minimum absolute atomic E-state index is 0.0767. The van der Waals surface area contributed by atoms with E-state index in [1.807, 2.05) is 0 Å². The molecule has 0 bridgehead atoms. The Morgan fingerprint density at radius 1 is 1.22 bits per heavy atom. The summed E-state index contributed by atoms with van der Waals surface area (Å²) < 4.78 is 5.03. The first-order valence-corrected chi connectivity index (χ1v) is 7.70. The summed E-state index contributed by atoms with van der Waals surface area (Å²) in [4.78, 5) is 37.0. The van der Waals surface area contributed by atoms with E-state index in [2.05, 4.69) is 5.32 Å². The summed E-state index contributed by atoms with van der Waals surface area (Å²) >= 11 is 0. The van der Waals surface area contributed by atoms with Crippen LogP contribution in [0.2, 0.25) is 0 Å². The third-order valence-corrected chi connectivity index (χ3v) is 3.23. The SMILES string of the molecule is CCOC(=O)c1ccccc1N(CCNC(=O)C(C)C)C(C)=O. The van der Waals surface area contributed by atoms with E-state index in [-0.39, 0.29) is 30.9 Å². The van der Waals surface area contributed by atoms with Crippen molar-refractivity contribution in [1.29, 1.82) is 0 Å². The van der Waals surface area contributed by atoms with Crippen molar-refractivity contribution in [2.45, 2.75) is 27.7 Å². The molecule has 0 aliphatic carbocycles. The molecule has 0 fully saturated rings. The Kier molecular flexibility index (Phi) is 7.25. The van der Waals surface area contributed by atoms with Gasteiger partial charge >= 0.3 is 5.97 Å². The highest BCUT2D eigenvalue weighted by atomic mass is 16.5. The highest BCUT2D eigenvalue weighted by Crippen LogP contribution is 2.21. The van der Waals surface area contributed by atoms with Crippen molar-refractivity contribution < 1.29 is 19.1 Å². The van der Waals surface area contributed by atoms with Gasteiger partial charge in [0.1, 0.15) is 0 Å². The molecule has 0 aromatic heterocycles. The monoisotopic (exact) mass is 320 g/mol. The first-order valence-electron chi connectivity index (χ1n) is 7.70. The quantitative estimate of drug-likeness (QED) is 0.780. The van der Waals surface area contributed by atoms with Crippen molar-refractivity contribution in [3.8, 4) is 0 Å². The van der Waals surface area contributed by atoms with Crippen LogP contribution in [0.15, 0.2) is 24.3 Å². The summed E-state index contributed by atoms with van der Waals surface area (Å²) in [7, 11) is 0. The van der Waals surface area contributed by atoms with Gasteiger partial charge in [-0.1, -0.05) is 26.0 Å². The number of para-hydroxylation sites is 1. The molecule has 0 saturated carbocycles. The maximum absolute atomic E-state index is 12.0. The number of nitrogens with one attached hydrogen (secondary N) is 1. The van der Waals surface area contributed by atoms with E-state index >= 15 is 0 Å². The van der Waals surface area contributed by atoms with Gasteiger partial charge < -0.3 is 15.0 Å². The number of carbonyl (C=O) groups excluding carboxylic acids is 3. The van der Waals surface area contributed by atoms with E-state index in [4.69, 9.17) is 4.74 Å². The maximum atomic E-state index is 12.0. The molecule has 126 valence electrons. The van der Waals surface area contributed by atoms with Crippen LogP contribution in [-0.4, -0.2) is 37.5 Å². The van der Waals surface area contributed by atoms with E-state index in [0.29, 0.717) is 17.8 Å². The van der Waals surface area contributed by atoms with E-state index in [1.165, 1.54) is 11.8 Å². The lowest BCUT2D eigenvalue weighted by Gasteiger charge is -2.23. The normalized spacial score (nSPS) is 10.3. The molecule has 0 aliphatic rings. The third kappa shape index (κ3) is 5.39. The Balaban J connectivity index is 2.92. The third-order valence-electron chi connectivity index (χ3n) is 3.23. The summed E-state index contributed by atoms with van der Waals surface area (Å²) in [5.41, 5.74) is 0.817. The van der Waals surface area contributed by atoms with Gasteiger partial charge in [0.15, 0.2) is 0 Å². The molecule has 0 heterocycles. The first-order chi connectivity index (χ1) is 10.9. The maximum Gasteiger partial charge on any atom is 0.340 e. The van der Waals surface area contributed by atoms with Crippen LogP contribution in [0.25, 0.3) is 0 Å². The minimum Gasteiger partial charge on any atom is -0.462 e. The number of esters is 1. The molecule has 0 radical (unpaired) electrons. The second kappa shape index (κ2) is 8.92. The molecule has 0 aliphatic heterocycles. The highest BCUT2D eigenvalue weighted by molar-refractivity contribution is 6.02. The molecule has 0 atom stereocenters. The van der Waals surface area contributed by atoms with Gasteiger partial charge in [0.25, 0.3) is 0 Å². The van der Waals surface area contributed by atoms with Crippen LogP contribution in [-0.2, 0) is 14.3 Å². The summed E-state index contributed by atoms with van der Waals surface area (Å²) in [5.74, 6) is -0.874. The summed E-state index contributed by atoms with van der Waals surface area (Å²) in [6, 6.07) is 6.78. The molecule has 6 nitrogen and oxygen atoms in total. The fraction of sp³-hybridized carbons (Fsp3) is 0.471. The van der Waals surface area contributed by atoms with Crippen LogP contribution in [0.3, 0.4) is 0 Å². The lowest BCUT2D eigenvalue weighted by Crippen LogP contribution is -2.39. The Bertz CT molecular complexity index is 569. The Labute approximate surface area is 136 Å². The first kappa shape index (κ1) is 18.7. The second-order valence-corrected chi connectivity index (χ2v) is 5.35. The topological polar surface area (TPSA) is 75.7 Å². The number of rotatable bonds is 7.